The van der Waals surface area contributed by atoms with Crippen LogP contribution in [0.25, 0.3) is 10.9 Å². The average molecular weight is 245 g/mol. The summed E-state index contributed by atoms with van der Waals surface area (Å²) in [6.07, 6.45) is 0. The Bertz CT molecular complexity index is 608. The second kappa shape index (κ2) is 4.48. The van der Waals surface area contributed by atoms with Gasteiger partial charge in [-0.3, -0.25) is 0 Å². The number of carbonyl (C=O) groups is 1. The molecular weight excluding hydrogens is 226 g/mol. The van der Waals surface area contributed by atoms with E-state index in [1.165, 1.54) is 11.3 Å². The van der Waals surface area contributed by atoms with Crippen molar-refractivity contribution in [2.45, 2.75) is 34.2 Å². The van der Waals surface area contributed by atoms with Gasteiger partial charge in [-0.05, 0) is 43.5 Å². The van der Waals surface area contributed by atoms with Crippen LogP contribution in [0.3, 0.4) is 0 Å². The van der Waals surface area contributed by atoms with Crippen LogP contribution < -0.4 is 0 Å². The van der Waals surface area contributed by atoms with E-state index in [9.17, 15) is 4.79 Å². The highest BCUT2D eigenvalue weighted by molar-refractivity contribution is 5.95. The third-order valence-electron chi connectivity index (χ3n) is 3.43. The molecule has 1 aromatic heterocycles. The van der Waals surface area contributed by atoms with Gasteiger partial charge in [-0.2, -0.15) is 0 Å². The van der Waals surface area contributed by atoms with Crippen LogP contribution in [0, 0.1) is 19.8 Å². The van der Waals surface area contributed by atoms with Gasteiger partial charge in [0.1, 0.15) is 0 Å². The molecule has 2 aromatic rings. The molecular formula is C15H19NO2. The molecule has 0 aliphatic rings. The number of hydrogen-bond donors (Lipinski definition) is 1. The number of rotatable bonds is 3. The first-order valence-corrected chi connectivity index (χ1v) is 6.24. The summed E-state index contributed by atoms with van der Waals surface area (Å²) in [5.74, 6) is -0.302. The maximum atomic E-state index is 11.0. The minimum Gasteiger partial charge on any atom is -0.478 e. The van der Waals surface area contributed by atoms with E-state index in [0.717, 1.165) is 17.4 Å². The van der Waals surface area contributed by atoms with Crippen LogP contribution in [0.1, 0.15) is 35.5 Å². The van der Waals surface area contributed by atoms with Crippen LogP contribution in [0.15, 0.2) is 18.2 Å². The summed E-state index contributed by atoms with van der Waals surface area (Å²) in [5, 5.41) is 10.1. The smallest absolute Gasteiger partial charge is 0.335 e. The maximum Gasteiger partial charge on any atom is 0.335 e. The van der Waals surface area contributed by atoms with Crippen molar-refractivity contribution >= 4 is 16.9 Å². The van der Waals surface area contributed by atoms with E-state index in [-0.39, 0.29) is 0 Å². The monoisotopic (exact) mass is 245 g/mol. The van der Waals surface area contributed by atoms with Gasteiger partial charge in [0.05, 0.1) is 5.56 Å². The number of fused-ring (bicyclic) bond motifs is 1. The normalized spacial score (nSPS) is 11.4. The van der Waals surface area contributed by atoms with Crippen molar-refractivity contribution < 1.29 is 9.90 Å². The average Bonchev–Trinajstić information content (AvgIpc) is 2.54. The van der Waals surface area contributed by atoms with Crippen molar-refractivity contribution in [2.24, 2.45) is 5.92 Å². The van der Waals surface area contributed by atoms with Crippen molar-refractivity contribution in [1.29, 1.82) is 0 Å². The van der Waals surface area contributed by atoms with Crippen molar-refractivity contribution in [3.05, 3.63) is 35.0 Å². The number of benzene rings is 1. The molecule has 0 fully saturated rings. The number of carboxylic acids is 1. The number of hydrogen-bond acceptors (Lipinski definition) is 1. The van der Waals surface area contributed by atoms with E-state index in [2.05, 4.69) is 32.3 Å². The lowest BCUT2D eigenvalue weighted by Gasteiger charge is -2.11. The molecule has 2 rings (SSSR count). The van der Waals surface area contributed by atoms with Crippen LogP contribution in [-0.4, -0.2) is 15.6 Å². The summed E-state index contributed by atoms with van der Waals surface area (Å²) in [6.45, 7) is 9.49. The lowest BCUT2D eigenvalue weighted by atomic mass is 10.1. The summed E-state index contributed by atoms with van der Waals surface area (Å²) in [7, 11) is 0. The molecule has 0 aliphatic carbocycles. The fourth-order valence-corrected chi connectivity index (χ4v) is 2.38. The molecule has 0 saturated heterocycles. The molecule has 1 aromatic carbocycles. The molecule has 96 valence electrons. The standard InChI is InChI=1S/C15H19NO2/c1-9(2)8-16-11(4)10(3)13-7-12(15(17)18)5-6-14(13)16/h5-7,9H,8H2,1-4H3,(H,17,18). The zero-order chi connectivity index (χ0) is 13.4. The predicted octanol–water partition coefficient (Wildman–Crippen LogP) is 3.61. The van der Waals surface area contributed by atoms with E-state index >= 15 is 0 Å². The minimum atomic E-state index is -0.870. The van der Waals surface area contributed by atoms with Crippen molar-refractivity contribution in [3.8, 4) is 0 Å². The molecule has 0 aliphatic heterocycles. The molecule has 0 bridgehead atoms. The van der Waals surface area contributed by atoms with Crippen molar-refractivity contribution in [1.82, 2.24) is 4.57 Å². The van der Waals surface area contributed by atoms with Gasteiger partial charge in [-0.25, -0.2) is 4.79 Å². The zero-order valence-corrected chi connectivity index (χ0v) is 11.3. The highest BCUT2D eigenvalue weighted by Crippen LogP contribution is 2.27. The molecule has 18 heavy (non-hydrogen) atoms. The molecule has 3 nitrogen and oxygen atoms in total. The lowest BCUT2D eigenvalue weighted by molar-refractivity contribution is 0.0697. The summed E-state index contributed by atoms with van der Waals surface area (Å²) in [4.78, 5) is 11.0. The van der Waals surface area contributed by atoms with E-state index < -0.39 is 5.97 Å². The van der Waals surface area contributed by atoms with Gasteiger partial charge in [-0.15, -0.1) is 0 Å². The Balaban J connectivity index is 2.67. The second-order valence-corrected chi connectivity index (χ2v) is 5.25. The van der Waals surface area contributed by atoms with Gasteiger partial charge in [0.2, 0.25) is 0 Å². The summed E-state index contributed by atoms with van der Waals surface area (Å²) >= 11 is 0. The SMILES string of the molecule is Cc1c(C)n(CC(C)C)c2ccc(C(=O)O)cc12. The third kappa shape index (κ3) is 2.01. The quantitative estimate of drug-likeness (QED) is 0.897. The Morgan fingerprint density at radius 2 is 2.00 bits per heavy atom. The largest absolute Gasteiger partial charge is 0.478 e. The Kier molecular flexibility index (Phi) is 3.16. The summed E-state index contributed by atoms with van der Waals surface area (Å²) in [5.41, 5.74) is 3.88. The van der Waals surface area contributed by atoms with Gasteiger partial charge in [0.25, 0.3) is 0 Å². The minimum absolute atomic E-state index is 0.354. The highest BCUT2D eigenvalue weighted by Gasteiger charge is 2.13. The van der Waals surface area contributed by atoms with E-state index in [1.54, 1.807) is 12.1 Å². The van der Waals surface area contributed by atoms with Gasteiger partial charge in [0, 0.05) is 23.1 Å². The van der Waals surface area contributed by atoms with Crippen LogP contribution in [0.2, 0.25) is 0 Å². The molecule has 0 unspecified atom stereocenters. The van der Waals surface area contributed by atoms with Gasteiger partial charge < -0.3 is 9.67 Å². The van der Waals surface area contributed by atoms with Crippen molar-refractivity contribution in [3.63, 3.8) is 0 Å². The van der Waals surface area contributed by atoms with Crippen LogP contribution in [0.5, 0.6) is 0 Å². The summed E-state index contributed by atoms with van der Waals surface area (Å²) in [6, 6.07) is 5.37. The Morgan fingerprint density at radius 1 is 1.33 bits per heavy atom. The van der Waals surface area contributed by atoms with E-state index in [4.69, 9.17) is 5.11 Å². The predicted molar refractivity (Wildman–Crippen MR) is 73.2 cm³/mol. The first kappa shape index (κ1) is 12.7. The molecule has 0 atom stereocenters. The Hall–Kier alpha value is -1.77. The van der Waals surface area contributed by atoms with Gasteiger partial charge >= 0.3 is 5.97 Å². The third-order valence-corrected chi connectivity index (χ3v) is 3.43. The fourth-order valence-electron chi connectivity index (χ4n) is 2.38. The molecule has 1 heterocycles. The summed E-state index contributed by atoms with van der Waals surface area (Å²) < 4.78 is 2.28. The topological polar surface area (TPSA) is 42.2 Å². The fraction of sp³-hybridized carbons (Fsp3) is 0.400. The molecule has 0 spiro atoms. The van der Waals surface area contributed by atoms with Crippen LogP contribution in [0.4, 0.5) is 0 Å². The van der Waals surface area contributed by atoms with Gasteiger partial charge in [0.15, 0.2) is 0 Å². The van der Waals surface area contributed by atoms with E-state index in [0.29, 0.717) is 11.5 Å². The molecule has 1 N–H and O–H groups in total. The number of carboxylic acid groups (broad SMARTS) is 1. The zero-order valence-electron chi connectivity index (χ0n) is 11.3. The first-order valence-electron chi connectivity index (χ1n) is 6.24. The highest BCUT2D eigenvalue weighted by atomic mass is 16.4. The van der Waals surface area contributed by atoms with Crippen molar-refractivity contribution in [2.75, 3.05) is 0 Å². The number of aromatic carboxylic acids is 1. The molecule has 0 saturated carbocycles. The Morgan fingerprint density at radius 3 is 2.56 bits per heavy atom. The Labute approximate surface area is 107 Å². The number of nitrogens with zero attached hydrogens (tertiary/aromatic N) is 1. The molecule has 0 amide bonds. The van der Waals surface area contributed by atoms with E-state index in [1.807, 2.05) is 6.07 Å². The van der Waals surface area contributed by atoms with Crippen LogP contribution >= 0.6 is 0 Å². The lowest BCUT2D eigenvalue weighted by Crippen LogP contribution is -2.06. The first-order chi connectivity index (χ1) is 8.41. The van der Waals surface area contributed by atoms with Gasteiger partial charge in [-0.1, -0.05) is 13.8 Å². The molecule has 3 heteroatoms. The maximum absolute atomic E-state index is 11.0. The second-order valence-electron chi connectivity index (χ2n) is 5.25. The molecule has 0 radical (unpaired) electrons. The number of aryl methyl sites for hydroxylation is 1. The van der Waals surface area contributed by atoms with Crippen LogP contribution in [-0.2, 0) is 6.54 Å². The number of aromatic nitrogens is 1.